The Morgan fingerprint density at radius 1 is 0.588 bits per heavy atom. The molecule has 0 saturated carbocycles. The summed E-state index contributed by atoms with van der Waals surface area (Å²) >= 11 is 0.894. The Balaban J connectivity index is 1.01. The van der Waals surface area contributed by atoms with Crippen molar-refractivity contribution in [3.05, 3.63) is 189 Å². The van der Waals surface area contributed by atoms with Gasteiger partial charge in [0, 0.05) is 59.0 Å². The summed E-state index contributed by atoms with van der Waals surface area (Å²) in [6, 6.07) is 27.8. The molecule has 0 N–H and O–H groups in total. The van der Waals surface area contributed by atoms with Crippen LogP contribution in [-0.4, -0.2) is 124 Å². The van der Waals surface area contributed by atoms with Crippen molar-refractivity contribution in [3.8, 4) is 0 Å². The van der Waals surface area contributed by atoms with Crippen molar-refractivity contribution in [2.45, 2.75) is 67.1 Å². The number of anilines is 2. The SMILES string of the molecule is O=C(c1ccccc1)N1CC/C=C/CN(C(=O)c2ccccc2)c2ncnc3c2ncn3[C@@H]2O[C@@H]3COP(=O)(SCc4ccccc4[N+](=O)[O-])O[C@@H]4[C@@H](COP(=O)(SCc5ccccc5[N+](=O)[O-])O[C@H]3[C@H]2F)OC([C@@H]4F)n2cnc3c1ncnc32. The predicted molar refractivity (Wildman–Crippen MR) is 304 cm³/mol. The van der Waals surface area contributed by atoms with Gasteiger partial charge in [-0.2, -0.15) is 0 Å². The van der Waals surface area contributed by atoms with E-state index in [9.17, 15) is 29.8 Å². The molecule has 4 aromatic carbocycles. The maximum Gasteiger partial charge on any atom is 0.390 e. The van der Waals surface area contributed by atoms with Gasteiger partial charge in [-0.3, -0.25) is 66.8 Å². The number of para-hydroxylation sites is 2. The van der Waals surface area contributed by atoms with Crippen LogP contribution in [0.5, 0.6) is 0 Å². The molecule has 26 nitrogen and oxygen atoms in total. The first kappa shape index (κ1) is 57.7. The second kappa shape index (κ2) is 24.3. The first-order valence-electron chi connectivity index (χ1n) is 26.1. The molecular weight excluding hydrogens is 1190 g/mol. The fourth-order valence-corrected chi connectivity index (χ4v) is 16.9. The molecule has 3 fully saturated rings. The lowest BCUT2D eigenvalue weighted by molar-refractivity contribution is -0.385. The number of benzene rings is 4. The lowest BCUT2D eigenvalue weighted by Crippen LogP contribution is -2.37. The summed E-state index contributed by atoms with van der Waals surface area (Å²) in [6.45, 7) is -11.8. The molecule has 13 rings (SSSR count). The topological polar surface area (TPSA) is 304 Å². The highest BCUT2D eigenvalue weighted by molar-refractivity contribution is 8.55. The summed E-state index contributed by atoms with van der Waals surface area (Å²) in [5, 5.41) is 24.4. The Hall–Kier alpha value is -7.76. The van der Waals surface area contributed by atoms with Crippen LogP contribution in [0.25, 0.3) is 22.3 Å². The number of hydrogen-bond donors (Lipinski definition) is 0. The number of nitro groups is 2. The van der Waals surface area contributed by atoms with Gasteiger partial charge in [0.25, 0.3) is 23.2 Å². The van der Waals surface area contributed by atoms with Crippen LogP contribution in [0.4, 0.5) is 31.8 Å². The van der Waals surface area contributed by atoms with Crippen molar-refractivity contribution in [1.29, 1.82) is 0 Å². The van der Waals surface area contributed by atoms with Crippen molar-refractivity contribution in [2.24, 2.45) is 0 Å². The van der Waals surface area contributed by atoms with E-state index in [0.717, 1.165) is 12.7 Å². The molecule has 0 spiro atoms. The molecule has 85 heavy (non-hydrogen) atoms. The number of carbonyl (C=O) groups excluding carboxylic acids is 2. The van der Waals surface area contributed by atoms with Crippen LogP contribution >= 0.6 is 36.4 Å². The standard InChI is InChI=1S/C53H46F2N12O14P2S2/c54-40-44-38-24-76-83(75,85-27-35-19-9-11-21-37(35)67(72)73)81-45-39(25-77-82(74,80-44)84-26-34-18-8-10-20-36(34)66(70)71)79-53(41(45)55)65-31-61-43-47(57-29-59-49(43)65)63(51(69)33-16-6-2-7-17-33)23-13-3-12-22-62(50(68)32-14-4-1-5-15-32)46-42-48(58-28-56-46)64(30-60-42)52(40)78-38/h1-12,14-21,28-31,38-41,44-45,52-53H,13,22-27H2/b12-3+/t38-,39-,40-,41-,44-,45-,52-,53?,82?,83?/m1/s1. The summed E-state index contributed by atoms with van der Waals surface area (Å²) in [5.74, 6) is -1.83. The minimum atomic E-state index is -4.90. The number of hydrogen-bond acceptors (Lipinski definition) is 22. The third kappa shape index (κ3) is 11.6. The number of nitro benzene ring substituents is 2. The molecule has 3 saturated heterocycles. The van der Waals surface area contributed by atoms with E-state index in [1.54, 1.807) is 72.8 Å². The normalized spacial score (nSPS) is 26.7. The van der Waals surface area contributed by atoms with Crippen LogP contribution in [0.2, 0.25) is 0 Å². The van der Waals surface area contributed by atoms with Gasteiger partial charge in [0.1, 0.15) is 37.1 Å². The van der Waals surface area contributed by atoms with Crippen molar-refractivity contribution >= 4 is 93.5 Å². The number of carbonyl (C=O) groups is 2. The third-order valence-corrected chi connectivity index (χ3v) is 21.5. The number of amides is 2. The Kier molecular flexibility index (Phi) is 16.5. The van der Waals surface area contributed by atoms with Crippen LogP contribution in [0.1, 0.15) is 50.7 Å². The highest BCUT2D eigenvalue weighted by atomic mass is 32.7. The van der Waals surface area contributed by atoms with Gasteiger partial charge in [0.05, 0.1) is 35.7 Å². The fourth-order valence-electron chi connectivity index (χ4n) is 10.1. The van der Waals surface area contributed by atoms with Crippen molar-refractivity contribution < 1.29 is 64.9 Å². The summed E-state index contributed by atoms with van der Waals surface area (Å²) in [7, 11) is 0. The monoisotopic (exact) mass is 1240 g/mol. The Morgan fingerprint density at radius 3 is 1.49 bits per heavy atom. The Morgan fingerprint density at radius 2 is 1.02 bits per heavy atom. The fraction of sp³-hybridized carbons (Fsp3) is 0.283. The molecular formula is C53H46F2N12O14P2S2. The second-order valence-corrected chi connectivity index (χ2v) is 27.4. The number of imidazole rings is 2. The Labute approximate surface area is 487 Å². The molecule has 14 bridgehead atoms. The first-order valence-corrected chi connectivity index (χ1v) is 32.4. The van der Waals surface area contributed by atoms with Gasteiger partial charge in [0.15, 0.2) is 58.8 Å². The van der Waals surface area contributed by atoms with Gasteiger partial charge in [-0.15, -0.1) is 0 Å². The summed E-state index contributed by atoms with van der Waals surface area (Å²) in [4.78, 5) is 81.9. The molecule has 5 aliphatic rings. The smallest absolute Gasteiger partial charge is 0.346 e. The van der Waals surface area contributed by atoms with Gasteiger partial charge in [-0.25, -0.2) is 47.8 Å². The van der Waals surface area contributed by atoms with Gasteiger partial charge < -0.3 is 9.47 Å². The molecule has 0 radical (unpaired) electrons. The summed E-state index contributed by atoms with van der Waals surface area (Å²) in [6.07, 6.45) is -7.30. The molecule has 8 aromatic rings. The molecule has 4 aromatic heterocycles. The quantitative estimate of drug-likeness (QED) is 0.0532. The highest BCUT2D eigenvalue weighted by Gasteiger charge is 2.56. The molecule has 9 heterocycles. The predicted octanol–water partition coefficient (Wildman–Crippen LogP) is 10.1. The summed E-state index contributed by atoms with van der Waals surface area (Å²) in [5.41, 5.74) is -0.0876. The number of ether oxygens (including phenoxy) is 2. The number of aromatic nitrogens is 8. The molecule has 438 valence electrons. The maximum absolute atomic E-state index is 17.9. The second-order valence-electron chi connectivity index (χ2n) is 19.4. The molecule has 0 aliphatic carbocycles. The zero-order valence-corrected chi connectivity index (χ0v) is 47.4. The zero-order valence-electron chi connectivity index (χ0n) is 44.0. The molecule has 3 unspecified atom stereocenters. The van der Waals surface area contributed by atoms with E-state index in [2.05, 4.69) is 29.9 Å². The number of fused-ring (bicyclic) bond motifs is 11. The number of halogens is 2. The van der Waals surface area contributed by atoms with Gasteiger partial charge >= 0.3 is 13.6 Å². The van der Waals surface area contributed by atoms with E-state index in [-0.39, 0.29) is 87.1 Å². The minimum Gasteiger partial charge on any atom is -0.346 e. The van der Waals surface area contributed by atoms with Crippen LogP contribution in [0, 0.1) is 20.2 Å². The maximum atomic E-state index is 17.9. The molecule has 10 atom stereocenters. The third-order valence-electron chi connectivity index (χ3n) is 14.2. The van der Waals surface area contributed by atoms with E-state index in [0.29, 0.717) is 22.8 Å². The van der Waals surface area contributed by atoms with E-state index >= 15 is 17.9 Å². The average molecular weight is 1240 g/mol. The minimum absolute atomic E-state index is 0.000329. The molecule has 32 heteroatoms. The number of nitrogens with zero attached hydrogens (tertiary/aromatic N) is 12. The van der Waals surface area contributed by atoms with Gasteiger partial charge in [0.2, 0.25) is 0 Å². The van der Waals surface area contributed by atoms with Gasteiger partial charge in [-0.1, -0.05) is 84.9 Å². The van der Waals surface area contributed by atoms with E-state index in [1.807, 2.05) is 0 Å². The highest BCUT2D eigenvalue weighted by Crippen LogP contribution is 2.67. The van der Waals surface area contributed by atoms with Crippen LogP contribution < -0.4 is 9.80 Å². The zero-order chi connectivity index (χ0) is 59.0. The van der Waals surface area contributed by atoms with E-state index < -0.39 is 109 Å². The van der Waals surface area contributed by atoms with Crippen LogP contribution in [0.15, 0.2) is 147 Å². The number of rotatable bonds is 10. The first-order chi connectivity index (χ1) is 41.2. The number of alkyl halides is 2. The largest absolute Gasteiger partial charge is 0.390 e. The van der Waals surface area contributed by atoms with Crippen LogP contribution in [-0.2, 0) is 48.2 Å². The van der Waals surface area contributed by atoms with E-state index in [4.69, 9.17) is 27.6 Å². The summed E-state index contributed by atoms with van der Waals surface area (Å²) < 4.78 is 107. The van der Waals surface area contributed by atoms with Crippen molar-refractivity contribution in [2.75, 3.05) is 36.1 Å². The molecule has 5 aliphatic heterocycles. The van der Waals surface area contributed by atoms with Crippen LogP contribution in [0.3, 0.4) is 0 Å². The van der Waals surface area contributed by atoms with E-state index in [1.165, 1.54) is 80.1 Å². The van der Waals surface area contributed by atoms with Crippen molar-refractivity contribution in [1.82, 2.24) is 39.0 Å². The lowest BCUT2D eigenvalue weighted by Gasteiger charge is -2.30. The average Bonchev–Trinajstić information content (AvgIpc) is 2.68. The lowest BCUT2D eigenvalue weighted by atomic mass is 10.1. The van der Waals surface area contributed by atoms with Gasteiger partial charge in [-0.05, 0) is 53.4 Å². The Bertz CT molecular complexity index is 3990. The molecule has 2 amide bonds. The van der Waals surface area contributed by atoms with Crippen molar-refractivity contribution in [3.63, 3.8) is 0 Å².